The zero-order chi connectivity index (χ0) is 25.3. The van der Waals surface area contributed by atoms with Crippen LogP contribution in [0.2, 0.25) is 0 Å². The van der Waals surface area contributed by atoms with Crippen LogP contribution in [0, 0.1) is 18.8 Å². The summed E-state index contributed by atoms with van der Waals surface area (Å²) in [6, 6.07) is 16.7. The van der Waals surface area contributed by atoms with E-state index in [4.69, 9.17) is 4.74 Å². The number of methoxy groups -OCH3 is 1. The second kappa shape index (κ2) is 12.9. The summed E-state index contributed by atoms with van der Waals surface area (Å²) in [5, 5.41) is 11.1. The molecule has 36 heavy (non-hydrogen) atoms. The standard InChI is InChI=1S/C31H40N2O3/c1-23-9-5-6-11-24(23)10-4-3-7-19-33-20-17-26(29(22-33)31(34)35)13-8-12-25-16-18-32-30-15-14-27(36-2)21-28(25)30/h5-6,9,11,14-16,18,21,26,29H,3-4,7-8,10,12-13,17,19-20,22H2,1-2H3,(H,34,35)/t26-,29+/m1/s1. The largest absolute Gasteiger partial charge is 0.497 e. The molecular weight excluding hydrogens is 448 g/mol. The smallest absolute Gasteiger partial charge is 0.308 e. The van der Waals surface area contributed by atoms with E-state index >= 15 is 0 Å². The quantitative estimate of drug-likeness (QED) is 0.303. The molecule has 0 spiro atoms. The zero-order valence-electron chi connectivity index (χ0n) is 21.8. The Morgan fingerprint density at radius 2 is 1.89 bits per heavy atom. The molecule has 4 rings (SSSR count). The van der Waals surface area contributed by atoms with Crippen LogP contribution in [0.3, 0.4) is 0 Å². The van der Waals surface area contributed by atoms with Crippen LogP contribution in [-0.2, 0) is 17.6 Å². The molecule has 192 valence electrons. The van der Waals surface area contributed by atoms with Crippen molar-refractivity contribution in [3.05, 3.63) is 71.4 Å². The summed E-state index contributed by atoms with van der Waals surface area (Å²) < 4.78 is 5.40. The Morgan fingerprint density at radius 1 is 1.06 bits per heavy atom. The van der Waals surface area contributed by atoms with Crippen molar-refractivity contribution in [2.45, 2.75) is 58.3 Å². The molecule has 0 aliphatic carbocycles. The van der Waals surface area contributed by atoms with Gasteiger partial charge in [-0.3, -0.25) is 9.78 Å². The van der Waals surface area contributed by atoms with Gasteiger partial charge in [-0.1, -0.05) is 30.7 Å². The summed E-state index contributed by atoms with van der Waals surface area (Å²) in [6.07, 6.45) is 10.4. The number of aryl methyl sites for hydroxylation is 3. The van der Waals surface area contributed by atoms with Gasteiger partial charge in [0.25, 0.3) is 0 Å². The summed E-state index contributed by atoms with van der Waals surface area (Å²) in [7, 11) is 1.68. The lowest BCUT2D eigenvalue weighted by Gasteiger charge is -2.36. The summed E-state index contributed by atoms with van der Waals surface area (Å²) >= 11 is 0. The molecule has 2 aromatic carbocycles. The first kappa shape index (κ1) is 26.2. The third-order valence-electron chi connectivity index (χ3n) is 7.90. The number of carboxylic acids is 1. The molecule has 3 aromatic rings. The van der Waals surface area contributed by atoms with Crippen LogP contribution in [0.4, 0.5) is 0 Å². The Labute approximate surface area is 215 Å². The number of aliphatic carboxylic acids is 1. The first-order valence-electron chi connectivity index (χ1n) is 13.5. The number of aromatic nitrogens is 1. The molecule has 0 amide bonds. The van der Waals surface area contributed by atoms with Crippen molar-refractivity contribution in [3.63, 3.8) is 0 Å². The van der Waals surface area contributed by atoms with Gasteiger partial charge in [-0.25, -0.2) is 0 Å². The summed E-state index contributed by atoms with van der Waals surface area (Å²) in [4.78, 5) is 19.0. The third-order valence-corrected chi connectivity index (χ3v) is 7.90. The Morgan fingerprint density at radius 3 is 2.69 bits per heavy atom. The maximum Gasteiger partial charge on any atom is 0.308 e. The fraction of sp³-hybridized carbons (Fsp3) is 0.484. The molecule has 0 bridgehead atoms. The molecule has 2 atom stereocenters. The van der Waals surface area contributed by atoms with Crippen LogP contribution in [0.1, 0.15) is 55.2 Å². The van der Waals surface area contributed by atoms with E-state index < -0.39 is 5.97 Å². The molecule has 0 radical (unpaired) electrons. The van der Waals surface area contributed by atoms with Gasteiger partial charge >= 0.3 is 5.97 Å². The van der Waals surface area contributed by atoms with Crippen molar-refractivity contribution in [3.8, 4) is 5.75 Å². The molecule has 1 N–H and O–H groups in total. The first-order valence-corrected chi connectivity index (χ1v) is 13.5. The van der Waals surface area contributed by atoms with E-state index in [1.165, 1.54) is 29.5 Å². The summed E-state index contributed by atoms with van der Waals surface area (Å²) in [5.41, 5.74) is 5.06. The van der Waals surface area contributed by atoms with Crippen molar-refractivity contribution < 1.29 is 14.6 Å². The highest BCUT2D eigenvalue weighted by Gasteiger charge is 2.33. The van der Waals surface area contributed by atoms with Crippen LogP contribution < -0.4 is 4.74 Å². The SMILES string of the molecule is COc1ccc2nccc(CCC[C@@H]3CCN(CCCCCc4ccccc4C)C[C@@H]3C(=O)O)c2c1. The van der Waals surface area contributed by atoms with Gasteiger partial charge in [0.2, 0.25) is 0 Å². The number of carbonyl (C=O) groups is 1. The maximum atomic E-state index is 12.1. The van der Waals surface area contributed by atoms with Gasteiger partial charge in [0.15, 0.2) is 0 Å². The second-order valence-corrected chi connectivity index (χ2v) is 10.3. The normalized spacial score (nSPS) is 18.4. The van der Waals surface area contributed by atoms with Crippen molar-refractivity contribution >= 4 is 16.9 Å². The average molecular weight is 489 g/mol. The molecule has 2 heterocycles. The number of fused-ring (bicyclic) bond motifs is 1. The van der Waals surface area contributed by atoms with Gasteiger partial charge < -0.3 is 14.7 Å². The molecule has 1 aromatic heterocycles. The molecule has 1 saturated heterocycles. The van der Waals surface area contributed by atoms with Crippen LogP contribution in [-0.4, -0.2) is 47.7 Å². The molecular formula is C31H40N2O3. The monoisotopic (exact) mass is 488 g/mol. The van der Waals surface area contributed by atoms with E-state index in [-0.39, 0.29) is 11.8 Å². The van der Waals surface area contributed by atoms with E-state index in [2.05, 4.69) is 53.2 Å². The number of benzene rings is 2. The highest BCUT2D eigenvalue weighted by Crippen LogP contribution is 2.30. The van der Waals surface area contributed by atoms with E-state index in [0.29, 0.717) is 6.54 Å². The molecule has 0 saturated carbocycles. The zero-order valence-corrected chi connectivity index (χ0v) is 21.8. The lowest BCUT2D eigenvalue weighted by molar-refractivity contribution is -0.146. The van der Waals surface area contributed by atoms with Crippen molar-refractivity contribution in [1.29, 1.82) is 0 Å². The fourth-order valence-electron chi connectivity index (χ4n) is 5.70. The molecule has 1 aliphatic rings. The van der Waals surface area contributed by atoms with Gasteiger partial charge in [0, 0.05) is 18.1 Å². The lowest BCUT2D eigenvalue weighted by atomic mass is 9.81. The Balaban J connectivity index is 1.23. The molecule has 5 heteroatoms. The number of carboxylic acid groups (broad SMARTS) is 1. The Bertz CT molecular complexity index is 1150. The van der Waals surface area contributed by atoms with Gasteiger partial charge in [-0.2, -0.15) is 0 Å². The number of unbranched alkanes of at least 4 members (excludes halogenated alkanes) is 2. The number of hydrogen-bond donors (Lipinski definition) is 1. The van der Waals surface area contributed by atoms with Crippen molar-refractivity contribution in [2.75, 3.05) is 26.7 Å². The number of nitrogens with zero attached hydrogens (tertiary/aromatic N) is 2. The number of pyridine rings is 1. The van der Waals surface area contributed by atoms with E-state index in [9.17, 15) is 9.90 Å². The Kier molecular flexibility index (Phi) is 9.35. The topological polar surface area (TPSA) is 62.7 Å². The summed E-state index contributed by atoms with van der Waals surface area (Å²) in [6.45, 7) is 4.89. The maximum absolute atomic E-state index is 12.1. The van der Waals surface area contributed by atoms with Gasteiger partial charge in [0.05, 0.1) is 18.5 Å². The van der Waals surface area contributed by atoms with E-state index in [0.717, 1.165) is 68.3 Å². The number of ether oxygens (including phenoxy) is 1. The minimum atomic E-state index is -0.636. The van der Waals surface area contributed by atoms with E-state index in [1.807, 2.05) is 18.3 Å². The van der Waals surface area contributed by atoms with Gasteiger partial charge in [0.1, 0.15) is 5.75 Å². The predicted octanol–water partition coefficient (Wildman–Crippen LogP) is 6.31. The van der Waals surface area contributed by atoms with Crippen LogP contribution in [0.15, 0.2) is 54.7 Å². The summed E-state index contributed by atoms with van der Waals surface area (Å²) in [5.74, 6) is 0.191. The molecule has 5 nitrogen and oxygen atoms in total. The van der Waals surface area contributed by atoms with Crippen LogP contribution in [0.25, 0.3) is 10.9 Å². The highest BCUT2D eigenvalue weighted by molar-refractivity contribution is 5.83. The lowest BCUT2D eigenvalue weighted by Crippen LogP contribution is -2.44. The van der Waals surface area contributed by atoms with Gasteiger partial charge in [-0.15, -0.1) is 0 Å². The fourth-order valence-corrected chi connectivity index (χ4v) is 5.70. The highest BCUT2D eigenvalue weighted by atomic mass is 16.5. The predicted molar refractivity (Wildman–Crippen MR) is 146 cm³/mol. The van der Waals surface area contributed by atoms with Gasteiger partial charge in [-0.05, 0) is 112 Å². The minimum absolute atomic E-state index is 0.252. The van der Waals surface area contributed by atoms with Crippen molar-refractivity contribution in [1.82, 2.24) is 9.88 Å². The average Bonchev–Trinajstić information content (AvgIpc) is 2.89. The minimum Gasteiger partial charge on any atom is -0.497 e. The van der Waals surface area contributed by atoms with Crippen LogP contribution in [0.5, 0.6) is 5.75 Å². The number of likely N-dealkylation sites (tertiary alicyclic amines) is 1. The Hall–Kier alpha value is -2.92. The first-order chi connectivity index (χ1) is 17.5. The number of piperidine rings is 1. The second-order valence-electron chi connectivity index (χ2n) is 10.3. The molecule has 1 fully saturated rings. The third kappa shape index (κ3) is 6.85. The molecule has 0 unspecified atom stereocenters. The number of hydrogen-bond acceptors (Lipinski definition) is 4. The number of rotatable bonds is 12. The molecule has 1 aliphatic heterocycles. The van der Waals surface area contributed by atoms with E-state index in [1.54, 1.807) is 7.11 Å². The van der Waals surface area contributed by atoms with Crippen molar-refractivity contribution in [2.24, 2.45) is 11.8 Å². The van der Waals surface area contributed by atoms with Crippen LogP contribution >= 0.6 is 0 Å².